The van der Waals surface area contributed by atoms with Gasteiger partial charge in [-0.1, -0.05) is 38.6 Å². The van der Waals surface area contributed by atoms with Crippen LogP contribution in [0, 0.1) is 11.8 Å². The van der Waals surface area contributed by atoms with Crippen molar-refractivity contribution in [2.45, 2.75) is 121 Å². The number of nitrogens with zero attached hydrogens (tertiary/aromatic N) is 2. The van der Waals surface area contributed by atoms with E-state index in [9.17, 15) is 32.4 Å². The molecular formula is C41H59N7O9S2. The van der Waals surface area contributed by atoms with Gasteiger partial charge in [-0.15, -0.1) is 6.58 Å². The Morgan fingerprint density at radius 2 is 1.78 bits per heavy atom. The number of rotatable bonds is 19. The zero-order valence-corrected chi connectivity index (χ0v) is 36.4. The van der Waals surface area contributed by atoms with Crippen molar-refractivity contribution in [3.63, 3.8) is 0 Å². The first-order chi connectivity index (χ1) is 28.0. The summed E-state index contributed by atoms with van der Waals surface area (Å²) >= 11 is 1.64. The molecular weight excluding hydrogens is 799 g/mol. The topological polar surface area (TPSA) is 217 Å². The fourth-order valence-corrected chi connectivity index (χ4v) is 9.60. The maximum atomic E-state index is 13.8. The van der Waals surface area contributed by atoms with Crippen LogP contribution < -0.4 is 30.8 Å². The highest BCUT2D eigenvalue weighted by Gasteiger charge is 2.42. The van der Waals surface area contributed by atoms with E-state index in [1.165, 1.54) is 11.0 Å². The minimum absolute atomic E-state index is 0.0843. The second-order valence-electron chi connectivity index (χ2n) is 16.2. The summed E-state index contributed by atoms with van der Waals surface area (Å²) in [5.74, 6) is -1.43. The molecule has 1 saturated heterocycles. The first kappa shape index (κ1) is 45.5. The third-order valence-corrected chi connectivity index (χ3v) is 13.5. The summed E-state index contributed by atoms with van der Waals surface area (Å²) in [5.41, 5.74) is 2.27. The molecule has 1 saturated carbocycles. The Morgan fingerprint density at radius 1 is 1.03 bits per heavy atom. The number of aromatic nitrogens is 1. The Labute approximate surface area is 350 Å². The van der Waals surface area contributed by atoms with Crippen molar-refractivity contribution in [3.05, 3.63) is 52.3 Å². The zero-order chi connectivity index (χ0) is 43.0. The molecule has 2 aromatic rings. The van der Waals surface area contributed by atoms with Gasteiger partial charge in [0.25, 0.3) is 5.91 Å². The van der Waals surface area contributed by atoms with E-state index < -0.39 is 63.1 Å². The number of carbonyl (C=O) groups is 4. The van der Waals surface area contributed by atoms with E-state index in [0.717, 1.165) is 35.0 Å². The van der Waals surface area contributed by atoms with Crippen LogP contribution in [-0.2, 0) is 35.6 Å². The van der Waals surface area contributed by atoms with Crippen LogP contribution in [0.15, 0.2) is 40.6 Å². The van der Waals surface area contributed by atoms with E-state index in [-0.39, 0.29) is 36.6 Å². The van der Waals surface area contributed by atoms with Crippen molar-refractivity contribution < 1.29 is 37.1 Å². The molecule has 2 unspecified atom stereocenters. The second-order valence-corrected chi connectivity index (χ2v) is 19.1. The minimum Gasteiger partial charge on any atom is -0.496 e. The molecule has 0 bridgehead atoms. The maximum Gasteiger partial charge on any atom is 0.407 e. The number of thioether (sulfide) groups is 1. The summed E-state index contributed by atoms with van der Waals surface area (Å²) in [4.78, 5) is 76.0. The summed E-state index contributed by atoms with van der Waals surface area (Å²) < 4.78 is 38.1. The number of sulfonamides is 1. The van der Waals surface area contributed by atoms with Gasteiger partial charge in [-0.25, -0.2) is 13.2 Å². The van der Waals surface area contributed by atoms with Gasteiger partial charge in [0.05, 0.1) is 24.5 Å². The molecule has 3 heterocycles. The van der Waals surface area contributed by atoms with Gasteiger partial charge < -0.3 is 35.3 Å². The van der Waals surface area contributed by atoms with Crippen LogP contribution in [0.3, 0.4) is 0 Å². The molecule has 5 rings (SSSR count). The molecule has 1 aromatic carbocycles. The Hall–Kier alpha value is -4.58. The number of aryl methyl sites for hydroxylation is 1. The molecule has 1 aromatic heterocycles. The Balaban J connectivity index is 1.10. The number of carbonyl (C=O) groups excluding carboxylic acids is 4. The van der Waals surface area contributed by atoms with Crippen LogP contribution in [0.1, 0.15) is 96.9 Å². The van der Waals surface area contributed by atoms with E-state index in [0.29, 0.717) is 55.2 Å². The largest absolute Gasteiger partial charge is 0.496 e. The molecule has 0 spiro atoms. The molecule has 5 N–H and O–H groups in total. The lowest BCUT2D eigenvalue weighted by atomic mass is 10.0. The lowest BCUT2D eigenvalue weighted by Crippen LogP contribution is -2.58. The summed E-state index contributed by atoms with van der Waals surface area (Å²) in [6, 6.07) is 2.37. The van der Waals surface area contributed by atoms with Crippen LogP contribution in [0.4, 0.5) is 4.79 Å². The molecule has 0 radical (unpaired) electrons. The van der Waals surface area contributed by atoms with Crippen LogP contribution in [-0.4, -0.2) is 103 Å². The number of ether oxygens (including phenoxy) is 2. The molecule has 59 heavy (non-hydrogen) atoms. The highest BCUT2D eigenvalue weighted by Crippen LogP contribution is 2.31. The van der Waals surface area contributed by atoms with E-state index in [1.54, 1.807) is 45.7 Å². The van der Waals surface area contributed by atoms with Crippen molar-refractivity contribution in [1.29, 1.82) is 0 Å². The van der Waals surface area contributed by atoms with Gasteiger partial charge >= 0.3 is 6.09 Å². The predicted octanol–water partition coefficient (Wildman–Crippen LogP) is 4.05. The number of H-pyrrole nitrogens is 1. The number of nitrogens with one attached hydrogen (secondary N) is 5. The summed E-state index contributed by atoms with van der Waals surface area (Å²) in [7, 11) is -2.25. The van der Waals surface area contributed by atoms with Crippen LogP contribution >= 0.6 is 11.8 Å². The fourth-order valence-electron chi connectivity index (χ4n) is 7.18. The number of methoxy groups -OCH3 is 1. The third-order valence-electron chi connectivity index (χ3n) is 10.7. The lowest BCUT2D eigenvalue weighted by Gasteiger charge is -2.31. The first-order valence-corrected chi connectivity index (χ1v) is 23.0. The summed E-state index contributed by atoms with van der Waals surface area (Å²) in [6.45, 7) is 13.4. The molecule has 18 heteroatoms. The lowest BCUT2D eigenvalue weighted by molar-refractivity contribution is -0.141. The monoisotopic (exact) mass is 857 g/mol. The van der Waals surface area contributed by atoms with Crippen molar-refractivity contribution in [1.82, 2.24) is 30.6 Å². The normalized spacial score (nSPS) is 19.5. The number of pyridine rings is 1. The molecule has 2 aliphatic heterocycles. The van der Waals surface area contributed by atoms with Crippen molar-refractivity contribution >= 4 is 61.7 Å². The van der Waals surface area contributed by atoms with Crippen molar-refractivity contribution in [3.8, 4) is 5.75 Å². The van der Waals surface area contributed by atoms with Crippen molar-refractivity contribution in [2.24, 2.45) is 16.8 Å². The SMILES string of the molecule is C=C[C@H](C)C(NC(=O)[C@@H]1CCCN1C(=O)[C@@H](NC(=O)OCCCCCc1cc2c(=O)cc(C3CSC(NC(C)C)=N3)[nH]c2cc1OC)C(C)C)C(=O)NS(=O)(=O)C1CC1. The van der Waals surface area contributed by atoms with Crippen LogP contribution in [0.5, 0.6) is 5.75 Å². The number of aromatic amines is 1. The van der Waals surface area contributed by atoms with Gasteiger partial charge in [0.1, 0.15) is 29.9 Å². The van der Waals surface area contributed by atoms with E-state index >= 15 is 0 Å². The average molecular weight is 858 g/mol. The molecule has 5 atom stereocenters. The van der Waals surface area contributed by atoms with Gasteiger partial charge in [-0.2, -0.15) is 0 Å². The number of benzene rings is 1. The number of amides is 4. The highest BCUT2D eigenvalue weighted by molar-refractivity contribution is 8.14. The molecule has 324 valence electrons. The fraction of sp³-hybridized carbons (Fsp3) is 0.610. The van der Waals surface area contributed by atoms with E-state index in [2.05, 4.69) is 46.1 Å². The number of fused-ring (bicyclic) bond motifs is 1. The van der Waals surface area contributed by atoms with Gasteiger partial charge in [-0.05, 0) is 82.8 Å². The first-order valence-electron chi connectivity index (χ1n) is 20.5. The van der Waals surface area contributed by atoms with Gasteiger partial charge in [-0.3, -0.25) is 28.9 Å². The molecule has 3 aliphatic rings. The van der Waals surface area contributed by atoms with Gasteiger partial charge in [0.15, 0.2) is 10.6 Å². The molecule has 2 fully saturated rings. The van der Waals surface area contributed by atoms with E-state index in [4.69, 9.17) is 14.5 Å². The smallest absolute Gasteiger partial charge is 0.407 e. The number of amidine groups is 1. The number of aliphatic imine (C=N–C) groups is 1. The summed E-state index contributed by atoms with van der Waals surface area (Å²) in [6.07, 6.45) is 5.17. The highest BCUT2D eigenvalue weighted by atomic mass is 32.2. The number of likely N-dealkylation sites (tertiary alicyclic amines) is 1. The third kappa shape index (κ3) is 11.8. The van der Waals surface area contributed by atoms with Gasteiger partial charge in [0.2, 0.25) is 21.8 Å². The number of alkyl carbamates (subject to hydrolysis) is 1. The minimum atomic E-state index is -3.85. The quantitative estimate of drug-likeness (QED) is 0.100. The summed E-state index contributed by atoms with van der Waals surface area (Å²) in [5, 5.41) is 9.49. The second kappa shape index (κ2) is 20.1. The predicted molar refractivity (Wildman–Crippen MR) is 229 cm³/mol. The molecule has 1 aliphatic carbocycles. The Bertz CT molecular complexity index is 2080. The average Bonchev–Trinajstić information content (AvgIpc) is 3.78. The standard InChI is InChI=1S/C41H59N7O9S2/c1-8-25(6)36(38(51)47-59(54,55)27-15-16-27)45-37(50)32-14-12-17-48(32)39(52)35(23(2)3)46-41(53)57-18-11-9-10-13-26-19-28-29(21-34(26)56-7)43-30(20-33(28)49)31-22-58-40(44-31)42-24(4)5/h8,19-21,23-25,27,31-32,35-36H,1,9-18,22H2,2-7H3,(H,42,44)(H,43,49)(H,45,50)(H,46,53)(H,47,51)/t25-,31?,32-,35-,36?/m0/s1. The van der Waals surface area contributed by atoms with Crippen LogP contribution in [0.2, 0.25) is 0 Å². The zero-order valence-electron chi connectivity index (χ0n) is 34.8. The van der Waals surface area contributed by atoms with Crippen LogP contribution in [0.25, 0.3) is 10.9 Å². The number of hydrogen-bond donors (Lipinski definition) is 5. The maximum absolute atomic E-state index is 13.8. The molecule has 16 nitrogen and oxygen atoms in total. The van der Waals surface area contributed by atoms with E-state index in [1.807, 2.05) is 12.1 Å². The number of unbranched alkanes of at least 4 members (excludes halogenated alkanes) is 2. The Morgan fingerprint density at radius 3 is 2.44 bits per heavy atom. The van der Waals surface area contributed by atoms with Crippen molar-refractivity contribution in [2.75, 3.05) is 26.0 Å². The Kier molecular flexibility index (Phi) is 15.5. The number of hydrogen-bond acceptors (Lipinski definition) is 12. The van der Waals surface area contributed by atoms with Gasteiger partial charge in [0, 0.05) is 47.5 Å². The molecule has 4 amide bonds.